The molecule has 1 fully saturated rings. The molecule has 1 heterocycles. The van der Waals surface area contributed by atoms with Crippen molar-refractivity contribution in [2.75, 3.05) is 25.0 Å². The Kier molecular flexibility index (Phi) is 5.12. The number of nitrogens with zero attached hydrogens (tertiary/aromatic N) is 1. The fraction of sp³-hybridized carbons (Fsp3) is 0.467. The number of aliphatic imine (C=N–C) groups is 1. The molecule has 0 amide bonds. The quantitative estimate of drug-likeness (QED) is 0.639. The van der Waals surface area contributed by atoms with Crippen LogP contribution in [0.4, 0.5) is 11.4 Å². The van der Waals surface area contributed by atoms with Crippen molar-refractivity contribution in [1.82, 2.24) is 5.32 Å². The van der Waals surface area contributed by atoms with Gasteiger partial charge in [0, 0.05) is 6.04 Å². The van der Waals surface area contributed by atoms with Gasteiger partial charge in [-0.1, -0.05) is 0 Å². The summed E-state index contributed by atoms with van der Waals surface area (Å²) in [5.74, 6) is -0.309. The predicted octanol–water partition coefficient (Wildman–Crippen LogP) is 2.36. The third kappa shape index (κ3) is 3.57. The van der Waals surface area contributed by atoms with Gasteiger partial charge in [0.25, 0.3) is 0 Å². The van der Waals surface area contributed by atoms with Gasteiger partial charge in [-0.2, -0.15) is 0 Å². The van der Waals surface area contributed by atoms with Crippen molar-refractivity contribution in [3.05, 3.63) is 23.8 Å². The summed E-state index contributed by atoms with van der Waals surface area (Å²) in [6.07, 6.45) is 2.11. The van der Waals surface area contributed by atoms with Crippen molar-refractivity contribution in [3.8, 4) is 0 Å². The van der Waals surface area contributed by atoms with Crippen LogP contribution in [0.15, 0.2) is 23.2 Å². The van der Waals surface area contributed by atoms with Crippen LogP contribution in [0.3, 0.4) is 0 Å². The maximum Gasteiger partial charge on any atom is 0.338 e. The summed E-state index contributed by atoms with van der Waals surface area (Å²) in [5.41, 5.74) is 2.14. The van der Waals surface area contributed by atoms with Gasteiger partial charge in [0.05, 0.1) is 23.5 Å². The number of ether oxygens (including phenoxy) is 1. The van der Waals surface area contributed by atoms with E-state index in [-0.39, 0.29) is 5.97 Å². The fourth-order valence-corrected chi connectivity index (χ4v) is 2.32. The maximum absolute atomic E-state index is 11.8. The molecule has 0 atom stereocenters. The topological polar surface area (TPSA) is 62.7 Å². The zero-order chi connectivity index (χ0) is 14.4. The normalized spacial score (nSPS) is 15.7. The molecule has 1 aliphatic rings. The monoisotopic (exact) mass is 275 g/mol. The average molecular weight is 275 g/mol. The Morgan fingerprint density at radius 2 is 2.25 bits per heavy atom. The van der Waals surface area contributed by atoms with E-state index in [9.17, 15) is 4.79 Å². The van der Waals surface area contributed by atoms with Gasteiger partial charge in [-0.05, 0) is 57.8 Å². The molecule has 0 unspecified atom stereocenters. The molecule has 0 aliphatic carbocycles. The zero-order valence-corrected chi connectivity index (χ0v) is 11.8. The van der Waals surface area contributed by atoms with Crippen LogP contribution in [0, 0.1) is 0 Å². The number of esters is 1. The summed E-state index contributed by atoms with van der Waals surface area (Å²) in [6.45, 7) is 7.76. The van der Waals surface area contributed by atoms with Crippen molar-refractivity contribution < 1.29 is 9.53 Å². The number of benzene rings is 1. The summed E-state index contributed by atoms with van der Waals surface area (Å²) in [6, 6.07) is 5.71. The van der Waals surface area contributed by atoms with Gasteiger partial charge in [0.2, 0.25) is 0 Å². The predicted molar refractivity (Wildman–Crippen MR) is 81.1 cm³/mol. The van der Waals surface area contributed by atoms with Crippen molar-refractivity contribution in [2.24, 2.45) is 4.99 Å². The molecule has 0 aromatic heterocycles. The van der Waals surface area contributed by atoms with E-state index in [0.29, 0.717) is 18.2 Å². The number of carbonyl (C=O) groups is 1. The number of anilines is 1. The van der Waals surface area contributed by atoms with Crippen molar-refractivity contribution in [1.29, 1.82) is 0 Å². The lowest BCUT2D eigenvalue weighted by Gasteiger charge is -2.25. The first-order valence-electron chi connectivity index (χ1n) is 6.99. The highest BCUT2D eigenvalue weighted by Crippen LogP contribution is 2.28. The molecule has 2 N–H and O–H groups in total. The first-order chi connectivity index (χ1) is 9.74. The Morgan fingerprint density at radius 3 is 2.90 bits per heavy atom. The van der Waals surface area contributed by atoms with E-state index in [1.165, 1.54) is 0 Å². The Bertz CT molecular complexity index is 482. The lowest BCUT2D eigenvalue weighted by molar-refractivity contribution is 0.0526. The van der Waals surface area contributed by atoms with E-state index in [0.717, 1.165) is 37.3 Å². The summed E-state index contributed by atoms with van der Waals surface area (Å²) < 4.78 is 5.02. The van der Waals surface area contributed by atoms with Gasteiger partial charge < -0.3 is 15.4 Å². The number of rotatable bonds is 5. The van der Waals surface area contributed by atoms with Crippen LogP contribution < -0.4 is 10.6 Å². The van der Waals surface area contributed by atoms with Gasteiger partial charge in [0.1, 0.15) is 0 Å². The van der Waals surface area contributed by atoms with E-state index in [1.54, 1.807) is 25.1 Å². The van der Waals surface area contributed by atoms with Gasteiger partial charge in [-0.25, -0.2) is 4.79 Å². The molecular formula is C15H21N3O2. The first kappa shape index (κ1) is 14.5. The highest BCUT2D eigenvalue weighted by molar-refractivity contribution is 5.92. The molecule has 1 aromatic rings. The lowest BCUT2D eigenvalue weighted by Crippen LogP contribution is -2.35. The first-order valence-corrected chi connectivity index (χ1v) is 6.99. The minimum atomic E-state index is -0.309. The molecule has 5 heteroatoms. The van der Waals surface area contributed by atoms with Crippen LogP contribution >= 0.6 is 0 Å². The Morgan fingerprint density at radius 1 is 1.50 bits per heavy atom. The van der Waals surface area contributed by atoms with Gasteiger partial charge in [0.15, 0.2) is 0 Å². The fourth-order valence-electron chi connectivity index (χ4n) is 2.32. The van der Waals surface area contributed by atoms with Crippen LogP contribution in [0.2, 0.25) is 0 Å². The van der Waals surface area contributed by atoms with E-state index in [1.807, 2.05) is 0 Å². The minimum absolute atomic E-state index is 0.309. The van der Waals surface area contributed by atoms with Gasteiger partial charge >= 0.3 is 5.97 Å². The SMILES string of the molecule is C=Nc1ccc(C(=O)OCC)cc1NC1CCNCC1. The second-order valence-corrected chi connectivity index (χ2v) is 4.78. The third-order valence-electron chi connectivity index (χ3n) is 3.38. The van der Waals surface area contributed by atoms with Crippen LogP contribution in [0.5, 0.6) is 0 Å². The molecule has 0 radical (unpaired) electrons. The Hall–Kier alpha value is -1.88. The largest absolute Gasteiger partial charge is 0.462 e. The molecule has 108 valence electrons. The second kappa shape index (κ2) is 7.05. The molecule has 1 aliphatic heterocycles. The molecule has 2 rings (SSSR count). The van der Waals surface area contributed by atoms with Gasteiger partial charge in [-0.3, -0.25) is 4.99 Å². The minimum Gasteiger partial charge on any atom is -0.462 e. The highest BCUT2D eigenvalue weighted by Gasteiger charge is 2.16. The summed E-state index contributed by atoms with van der Waals surface area (Å²) >= 11 is 0. The van der Waals surface area contributed by atoms with E-state index in [4.69, 9.17) is 4.74 Å². The number of hydrogen-bond donors (Lipinski definition) is 2. The summed E-state index contributed by atoms with van der Waals surface area (Å²) in [5, 5.41) is 6.78. The van der Waals surface area contributed by atoms with E-state index < -0.39 is 0 Å². The zero-order valence-electron chi connectivity index (χ0n) is 11.8. The number of hydrogen-bond acceptors (Lipinski definition) is 5. The van der Waals surface area contributed by atoms with E-state index >= 15 is 0 Å². The summed E-state index contributed by atoms with van der Waals surface area (Å²) in [7, 11) is 0. The molecular weight excluding hydrogens is 254 g/mol. The lowest BCUT2D eigenvalue weighted by atomic mass is 10.1. The number of piperidine rings is 1. The maximum atomic E-state index is 11.8. The molecule has 0 spiro atoms. The molecule has 0 saturated carbocycles. The molecule has 1 aromatic carbocycles. The van der Waals surface area contributed by atoms with Crippen molar-refractivity contribution in [3.63, 3.8) is 0 Å². The molecule has 1 saturated heterocycles. The van der Waals surface area contributed by atoms with Crippen LogP contribution in [0.25, 0.3) is 0 Å². The Balaban J connectivity index is 2.17. The van der Waals surface area contributed by atoms with Crippen molar-refractivity contribution in [2.45, 2.75) is 25.8 Å². The smallest absolute Gasteiger partial charge is 0.338 e. The Labute approximate surface area is 119 Å². The molecule has 20 heavy (non-hydrogen) atoms. The van der Waals surface area contributed by atoms with Crippen LogP contribution in [-0.2, 0) is 4.74 Å². The third-order valence-corrected chi connectivity index (χ3v) is 3.38. The van der Waals surface area contributed by atoms with Crippen LogP contribution in [0.1, 0.15) is 30.1 Å². The standard InChI is InChI=1S/C15H21N3O2/c1-3-20-15(19)11-4-5-13(16-2)14(10-11)18-12-6-8-17-9-7-12/h4-5,10,12,17-18H,2-3,6-9H2,1H3. The van der Waals surface area contributed by atoms with Crippen molar-refractivity contribution >= 4 is 24.1 Å². The van der Waals surface area contributed by atoms with Gasteiger partial charge in [-0.15, -0.1) is 0 Å². The van der Waals surface area contributed by atoms with E-state index in [2.05, 4.69) is 22.3 Å². The number of nitrogens with one attached hydrogen (secondary N) is 2. The average Bonchev–Trinajstić information content (AvgIpc) is 2.48. The highest BCUT2D eigenvalue weighted by atomic mass is 16.5. The molecule has 0 bridgehead atoms. The number of carbonyl (C=O) groups excluding carboxylic acids is 1. The molecule has 5 nitrogen and oxygen atoms in total. The van der Waals surface area contributed by atoms with Crippen LogP contribution in [-0.4, -0.2) is 38.4 Å². The summed E-state index contributed by atoms with van der Waals surface area (Å²) in [4.78, 5) is 15.8. The second-order valence-electron chi connectivity index (χ2n) is 4.78.